The number of aromatic amines is 1. The molecular weight excluding hydrogens is 342 g/mol. The number of nitrogens with one attached hydrogen (secondary N) is 2. The first-order valence-electron chi connectivity index (χ1n) is 7.61. The van der Waals surface area contributed by atoms with E-state index in [0.29, 0.717) is 9.47 Å². The van der Waals surface area contributed by atoms with Crippen molar-refractivity contribution < 1.29 is 4.79 Å². The van der Waals surface area contributed by atoms with Crippen LogP contribution in [0.25, 0.3) is 10.2 Å². The van der Waals surface area contributed by atoms with Gasteiger partial charge in [-0.05, 0) is 36.2 Å². The van der Waals surface area contributed by atoms with Crippen LogP contribution in [0.4, 0.5) is 0 Å². The molecule has 1 atom stereocenters. The van der Waals surface area contributed by atoms with Crippen molar-refractivity contribution in [2.75, 3.05) is 0 Å². The van der Waals surface area contributed by atoms with E-state index >= 15 is 0 Å². The average molecular weight is 359 g/mol. The number of amides is 1. The number of hydrogen-bond acceptors (Lipinski definition) is 4. The zero-order chi connectivity index (χ0) is 17.1. The molecule has 1 amide bonds. The highest BCUT2D eigenvalue weighted by Crippen LogP contribution is 2.14. The Morgan fingerprint density at radius 3 is 2.83 bits per heavy atom. The monoisotopic (exact) mass is 359 g/mol. The van der Waals surface area contributed by atoms with E-state index in [1.165, 1.54) is 15.9 Å². The van der Waals surface area contributed by atoms with Crippen LogP contribution >= 0.6 is 23.6 Å². The lowest BCUT2D eigenvalue weighted by atomic mass is 10.1. The molecule has 0 aliphatic carbocycles. The molecule has 0 fully saturated rings. The van der Waals surface area contributed by atoms with Crippen LogP contribution in [0.1, 0.15) is 24.9 Å². The number of fused-ring (bicyclic) bond motifs is 1. The van der Waals surface area contributed by atoms with Gasteiger partial charge in [0.2, 0.25) is 5.91 Å². The molecule has 0 unspecified atom stereocenters. The van der Waals surface area contributed by atoms with Crippen LogP contribution in [-0.4, -0.2) is 15.5 Å². The second-order valence-corrected chi connectivity index (χ2v) is 6.80. The van der Waals surface area contributed by atoms with Gasteiger partial charge < -0.3 is 10.3 Å². The van der Waals surface area contributed by atoms with Crippen molar-refractivity contribution in [1.82, 2.24) is 14.9 Å². The molecule has 5 nitrogen and oxygen atoms in total. The van der Waals surface area contributed by atoms with Gasteiger partial charge in [0.15, 0.2) is 4.77 Å². The van der Waals surface area contributed by atoms with Crippen molar-refractivity contribution in [3.05, 3.63) is 62.5 Å². The summed E-state index contributed by atoms with van der Waals surface area (Å²) in [5.41, 5.74) is 1.64. The van der Waals surface area contributed by atoms with Gasteiger partial charge >= 0.3 is 0 Å². The van der Waals surface area contributed by atoms with Gasteiger partial charge in [-0.1, -0.05) is 30.3 Å². The van der Waals surface area contributed by atoms with Crippen LogP contribution in [0, 0.1) is 4.77 Å². The molecule has 2 N–H and O–H groups in total. The summed E-state index contributed by atoms with van der Waals surface area (Å²) in [5, 5.41) is 4.78. The molecule has 0 aliphatic heterocycles. The molecular formula is C17H17N3O2S2. The van der Waals surface area contributed by atoms with E-state index in [1.807, 2.05) is 48.7 Å². The Labute approximate surface area is 148 Å². The number of thiophene rings is 1. The summed E-state index contributed by atoms with van der Waals surface area (Å²) in [5.74, 6) is -0.112. The highest BCUT2D eigenvalue weighted by atomic mass is 32.1. The minimum atomic E-state index is -0.146. The van der Waals surface area contributed by atoms with E-state index in [4.69, 9.17) is 12.2 Å². The minimum Gasteiger partial charge on any atom is -0.350 e. The van der Waals surface area contributed by atoms with Gasteiger partial charge in [0.05, 0.1) is 11.6 Å². The van der Waals surface area contributed by atoms with Crippen LogP contribution in [-0.2, 0) is 11.3 Å². The van der Waals surface area contributed by atoms with Crippen molar-refractivity contribution in [3.63, 3.8) is 0 Å². The van der Waals surface area contributed by atoms with Gasteiger partial charge in [-0.3, -0.25) is 14.2 Å². The third kappa shape index (κ3) is 3.47. The average Bonchev–Trinajstić information content (AvgIpc) is 3.04. The fourth-order valence-corrected chi connectivity index (χ4v) is 3.61. The predicted molar refractivity (Wildman–Crippen MR) is 98.9 cm³/mol. The van der Waals surface area contributed by atoms with Crippen molar-refractivity contribution in [3.8, 4) is 0 Å². The van der Waals surface area contributed by atoms with Crippen molar-refractivity contribution in [1.29, 1.82) is 0 Å². The van der Waals surface area contributed by atoms with E-state index in [0.717, 1.165) is 11.1 Å². The highest BCUT2D eigenvalue weighted by Gasteiger charge is 2.11. The SMILES string of the molecule is C[C@H](NC(=O)CCn1c(=S)[nH]c2ccsc2c1=O)c1ccccc1. The van der Waals surface area contributed by atoms with Crippen molar-refractivity contribution in [2.24, 2.45) is 0 Å². The first kappa shape index (κ1) is 16.6. The molecule has 3 aromatic rings. The maximum atomic E-state index is 12.4. The molecule has 0 aliphatic rings. The topological polar surface area (TPSA) is 66.9 Å². The lowest BCUT2D eigenvalue weighted by Crippen LogP contribution is -2.29. The predicted octanol–water partition coefficient (Wildman–Crippen LogP) is 3.39. The van der Waals surface area contributed by atoms with Crippen LogP contribution in [0.3, 0.4) is 0 Å². The smallest absolute Gasteiger partial charge is 0.272 e. The van der Waals surface area contributed by atoms with Crippen LogP contribution < -0.4 is 10.9 Å². The molecule has 7 heteroatoms. The zero-order valence-corrected chi connectivity index (χ0v) is 14.7. The summed E-state index contributed by atoms with van der Waals surface area (Å²) in [4.78, 5) is 27.6. The quantitative estimate of drug-likeness (QED) is 0.686. The van der Waals surface area contributed by atoms with E-state index in [-0.39, 0.29) is 30.5 Å². The lowest BCUT2D eigenvalue weighted by Gasteiger charge is -2.14. The lowest BCUT2D eigenvalue weighted by molar-refractivity contribution is -0.121. The number of aromatic nitrogens is 2. The molecule has 0 bridgehead atoms. The Hall–Kier alpha value is -2.25. The van der Waals surface area contributed by atoms with E-state index in [1.54, 1.807) is 0 Å². The summed E-state index contributed by atoms with van der Waals surface area (Å²) < 4.78 is 2.41. The van der Waals surface area contributed by atoms with Gasteiger partial charge in [0, 0.05) is 13.0 Å². The van der Waals surface area contributed by atoms with Crippen LogP contribution in [0.5, 0.6) is 0 Å². The first-order valence-corrected chi connectivity index (χ1v) is 8.89. The largest absolute Gasteiger partial charge is 0.350 e. The maximum absolute atomic E-state index is 12.4. The number of rotatable bonds is 5. The number of nitrogens with zero attached hydrogens (tertiary/aromatic N) is 1. The van der Waals surface area contributed by atoms with Gasteiger partial charge in [0.1, 0.15) is 4.70 Å². The fraction of sp³-hybridized carbons (Fsp3) is 0.235. The summed E-state index contributed by atoms with van der Waals surface area (Å²) in [6.45, 7) is 2.19. The summed E-state index contributed by atoms with van der Waals surface area (Å²) in [7, 11) is 0. The number of benzene rings is 1. The minimum absolute atomic E-state index is 0.0790. The van der Waals surface area contributed by atoms with Crippen LogP contribution in [0.2, 0.25) is 0 Å². The van der Waals surface area contributed by atoms with Crippen molar-refractivity contribution in [2.45, 2.75) is 25.9 Å². The van der Waals surface area contributed by atoms with Gasteiger partial charge in [-0.25, -0.2) is 0 Å². The normalized spacial score (nSPS) is 12.2. The first-order chi connectivity index (χ1) is 11.6. The third-order valence-electron chi connectivity index (χ3n) is 3.83. The molecule has 0 saturated carbocycles. The van der Waals surface area contributed by atoms with Crippen molar-refractivity contribution >= 4 is 39.7 Å². The van der Waals surface area contributed by atoms with E-state index in [2.05, 4.69) is 10.3 Å². The Balaban J connectivity index is 1.69. The molecule has 3 rings (SSSR count). The molecule has 2 heterocycles. The summed E-state index contributed by atoms with van der Waals surface area (Å²) in [6.07, 6.45) is 0.200. The second-order valence-electron chi connectivity index (χ2n) is 5.50. The Morgan fingerprint density at radius 1 is 1.33 bits per heavy atom. The summed E-state index contributed by atoms with van der Waals surface area (Å²) >= 11 is 6.60. The fourth-order valence-electron chi connectivity index (χ4n) is 2.53. The standard InChI is InChI=1S/C17H17N3O2S2/c1-11(12-5-3-2-4-6-12)18-14(21)7-9-20-16(22)15-13(8-10-24-15)19-17(20)23/h2-6,8,10-11H,7,9H2,1H3,(H,18,21)(H,19,23)/t11-/m0/s1. The Morgan fingerprint density at radius 2 is 2.08 bits per heavy atom. The maximum Gasteiger partial charge on any atom is 0.272 e. The molecule has 2 aromatic heterocycles. The molecule has 0 saturated heterocycles. The zero-order valence-electron chi connectivity index (χ0n) is 13.1. The number of carbonyl (C=O) groups is 1. The van der Waals surface area contributed by atoms with E-state index in [9.17, 15) is 9.59 Å². The van der Waals surface area contributed by atoms with Gasteiger partial charge in [-0.15, -0.1) is 11.3 Å². The molecule has 1 aromatic carbocycles. The number of hydrogen-bond donors (Lipinski definition) is 2. The molecule has 24 heavy (non-hydrogen) atoms. The second kappa shape index (κ2) is 7.11. The molecule has 0 radical (unpaired) electrons. The van der Waals surface area contributed by atoms with Gasteiger partial charge in [-0.2, -0.15) is 0 Å². The van der Waals surface area contributed by atoms with E-state index < -0.39 is 0 Å². The van der Waals surface area contributed by atoms with Gasteiger partial charge in [0.25, 0.3) is 5.56 Å². The number of H-pyrrole nitrogens is 1. The molecule has 124 valence electrons. The summed E-state index contributed by atoms with van der Waals surface area (Å²) in [6, 6.07) is 11.5. The molecule has 0 spiro atoms. The Bertz CT molecular complexity index is 973. The number of carbonyl (C=O) groups excluding carboxylic acids is 1. The Kier molecular flexibility index (Phi) is 4.92. The highest BCUT2D eigenvalue weighted by molar-refractivity contribution is 7.71. The van der Waals surface area contributed by atoms with Crippen LogP contribution in [0.15, 0.2) is 46.6 Å². The third-order valence-corrected chi connectivity index (χ3v) is 5.06.